The second kappa shape index (κ2) is 15.7. The van der Waals surface area contributed by atoms with Crippen molar-refractivity contribution in [3.8, 4) is 0 Å². The number of nitrogens with one attached hydrogen (secondary N) is 1. The molecule has 2 aromatic rings. The van der Waals surface area contributed by atoms with Crippen LogP contribution in [0.2, 0.25) is 0 Å². The Morgan fingerprint density at radius 3 is 1.40 bits per heavy atom. The number of benzene rings is 2. The van der Waals surface area contributed by atoms with E-state index < -0.39 is 14.3 Å². The minimum Gasteiger partial charge on any atom is -0.399 e. The van der Waals surface area contributed by atoms with Crippen LogP contribution in [0.3, 0.4) is 0 Å². The van der Waals surface area contributed by atoms with Crippen LogP contribution in [0.15, 0.2) is 58.3 Å². The number of anilines is 2. The summed E-state index contributed by atoms with van der Waals surface area (Å²) in [5, 5.41) is 1.49. The average Bonchev–Trinajstić information content (AvgIpc) is 3.23. The molecule has 2 aromatic carbocycles. The second-order valence-electron chi connectivity index (χ2n) is 11.7. The molecule has 12 heteroatoms. The van der Waals surface area contributed by atoms with Gasteiger partial charge in [-0.05, 0) is 114 Å². The highest BCUT2D eigenvalue weighted by atomic mass is 35.6. The molecule has 4 saturated heterocycles. The topological polar surface area (TPSA) is 78.7 Å². The van der Waals surface area contributed by atoms with Crippen LogP contribution in [0.25, 0.3) is 0 Å². The standard InChI is InChI=1S/C15H22N2O2S2.C14H20N2S.CHCl3/c1-17-12-5-6-13(17)10-15(9-12)20-14-7-3-11(4-8-14)16-21(2,18)19;1-16-11-4-5-12(16)9-14(8-11)17-13-6-2-10(15)3-7-13;2-1(3)4/h3-4,7-8,12-13,15-16H,5-6,9-10H2,1-2H3;2-3,6-7,11-12,14H,4-5,8-9,15H2,1H3;1H. The van der Waals surface area contributed by atoms with Crippen molar-refractivity contribution in [2.45, 2.75) is 100 Å². The molecule has 4 fully saturated rings. The number of nitrogen functional groups attached to an aromatic ring is 1. The maximum absolute atomic E-state index is 11.2. The van der Waals surface area contributed by atoms with Gasteiger partial charge in [-0.15, -0.1) is 23.5 Å². The van der Waals surface area contributed by atoms with Crippen LogP contribution >= 0.6 is 58.3 Å². The maximum atomic E-state index is 11.2. The minimum absolute atomic E-state index is 0.630. The van der Waals surface area contributed by atoms with Gasteiger partial charge in [0.1, 0.15) is 0 Å². The molecular weight excluding hydrogens is 651 g/mol. The molecular formula is C30H43Cl3N4O2S3. The van der Waals surface area contributed by atoms with Crippen molar-refractivity contribution in [1.82, 2.24) is 9.80 Å². The van der Waals surface area contributed by atoms with Gasteiger partial charge in [-0.2, -0.15) is 0 Å². The lowest BCUT2D eigenvalue weighted by Gasteiger charge is -2.36. The van der Waals surface area contributed by atoms with E-state index in [2.05, 4.69) is 40.7 Å². The number of fused-ring (bicyclic) bond motifs is 4. The molecule has 6 nitrogen and oxygen atoms in total. The molecule has 0 amide bonds. The summed E-state index contributed by atoms with van der Waals surface area (Å²) in [5.74, 6) is 0. The first-order valence-corrected chi connectivity index (χ1v) is 19.4. The Bertz CT molecular complexity index is 1210. The summed E-state index contributed by atoms with van der Waals surface area (Å²) in [6.45, 7) is 0. The SMILES string of the molecule is CN1C2CCC1CC(Sc1ccc(N)cc1)C2.CN1C2CCC1CC(Sc1ccc(NS(C)(=O)=O)cc1)C2.ClC(Cl)Cl. The van der Waals surface area contributed by atoms with Crippen molar-refractivity contribution in [2.24, 2.45) is 0 Å². The van der Waals surface area contributed by atoms with Crippen LogP contribution in [0.4, 0.5) is 11.4 Å². The number of alkyl halides is 3. The molecule has 4 aliphatic heterocycles. The molecule has 4 aliphatic rings. The average molecular weight is 694 g/mol. The molecule has 0 radical (unpaired) electrons. The fraction of sp³-hybridized carbons (Fsp3) is 0.600. The molecule has 3 N–H and O–H groups in total. The fourth-order valence-corrected chi connectivity index (χ4v) is 9.86. The van der Waals surface area contributed by atoms with Crippen molar-refractivity contribution >= 4 is 79.7 Å². The maximum Gasteiger partial charge on any atom is 0.229 e. The Balaban J connectivity index is 0.000000174. The molecule has 0 aliphatic carbocycles. The van der Waals surface area contributed by atoms with Gasteiger partial charge in [0, 0.05) is 55.8 Å². The molecule has 4 unspecified atom stereocenters. The van der Waals surface area contributed by atoms with Crippen molar-refractivity contribution in [2.75, 3.05) is 30.8 Å². The van der Waals surface area contributed by atoms with Crippen LogP contribution in [-0.2, 0) is 10.0 Å². The summed E-state index contributed by atoms with van der Waals surface area (Å²) < 4.78 is 24.1. The molecule has 4 atom stereocenters. The lowest BCUT2D eigenvalue weighted by Crippen LogP contribution is -2.40. The fourth-order valence-electron chi connectivity index (χ4n) is 6.66. The number of nitrogens with zero attached hydrogens (tertiary/aromatic N) is 2. The van der Waals surface area contributed by atoms with Crippen molar-refractivity contribution in [3.05, 3.63) is 48.5 Å². The van der Waals surface area contributed by atoms with E-state index in [9.17, 15) is 8.42 Å². The highest BCUT2D eigenvalue weighted by molar-refractivity contribution is 8.00. The van der Waals surface area contributed by atoms with E-state index in [1.165, 1.54) is 67.4 Å². The van der Waals surface area contributed by atoms with Crippen molar-refractivity contribution in [1.29, 1.82) is 0 Å². The van der Waals surface area contributed by atoms with Gasteiger partial charge in [-0.1, -0.05) is 34.8 Å². The van der Waals surface area contributed by atoms with E-state index in [4.69, 9.17) is 40.5 Å². The molecule has 6 rings (SSSR count). The molecule has 4 heterocycles. The lowest BCUT2D eigenvalue weighted by atomic mass is 10.0. The molecule has 0 saturated carbocycles. The van der Waals surface area contributed by atoms with Crippen LogP contribution < -0.4 is 10.5 Å². The molecule has 4 bridgehead atoms. The van der Waals surface area contributed by atoms with Crippen LogP contribution in [-0.4, -0.2) is 77.5 Å². The summed E-state index contributed by atoms with van der Waals surface area (Å²) in [6.07, 6.45) is 11.9. The number of piperidine rings is 2. The third-order valence-corrected chi connectivity index (χ3v) is 11.9. The van der Waals surface area contributed by atoms with Gasteiger partial charge in [-0.3, -0.25) is 4.72 Å². The van der Waals surface area contributed by atoms with Crippen molar-refractivity contribution < 1.29 is 8.42 Å². The quantitative estimate of drug-likeness (QED) is 0.237. The summed E-state index contributed by atoms with van der Waals surface area (Å²) in [7, 11) is 1.36. The lowest BCUT2D eigenvalue weighted by molar-refractivity contribution is 0.183. The first-order chi connectivity index (χ1) is 19.9. The Labute approximate surface area is 275 Å². The van der Waals surface area contributed by atoms with Gasteiger partial charge in [0.2, 0.25) is 10.0 Å². The van der Waals surface area contributed by atoms with Crippen LogP contribution in [0.1, 0.15) is 51.4 Å². The molecule has 42 heavy (non-hydrogen) atoms. The number of halogens is 3. The molecule has 0 aromatic heterocycles. The van der Waals surface area contributed by atoms with Gasteiger partial charge in [0.25, 0.3) is 0 Å². The van der Waals surface area contributed by atoms with E-state index in [1.54, 1.807) is 0 Å². The number of rotatable bonds is 6. The largest absolute Gasteiger partial charge is 0.399 e. The number of hydrogen-bond acceptors (Lipinski definition) is 7. The number of hydrogen-bond donors (Lipinski definition) is 2. The second-order valence-corrected chi connectivity index (χ2v) is 18.2. The summed E-state index contributed by atoms with van der Waals surface area (Å²) >= 11 is 18.4. The smallest absolute Gasteiger partial charge is 0.229 e. The zero-order valence-electron chi connectivity index (χ0n) is 24.5. The monoisotopic (exact) mass is 692 g/mol. The summed E-state index contributed by atoms with van der Waals surface area (Å²) in [6, 6.07) is 19.2. The normalized spacial score (nSPS) is 28.9. The van der Waals surface area contributed by atoms with E-state index in [0.29, 0.717) is 10.9 Å². The van der Waals surface area contributed by atoms with Gasteiger partial charge in [0.05, 0.1) is 6.26 Å². The number of thioether (sulfide) groups is 2. The van der Waals surface area contributed by atoms with Crippen LogP contribution in [0, 0.1) is 0 Å². The third-order valence-electron chi connectivity index (χ3n) is 8.75. The summed E-state index contributed by atoms with van der Waals surface area (Å²) in [5.41, 5.74) is 7.21. The third kappa shape index (κ3) is 10.5. The predicted molar refractivity (Wildman–Crippen MR) is 184 cm³/mol. The Kier molecular flexibility index (Phi) is 12.8. The highest BCUT2D eigenvalue weighted by Crippen LogP contribution is 2.42. The molecule has 0 spiro atoms. The van der Waals surface area contributed by atoms with Gasteiger partial charge in [-0.25, -0.2) is 8.42 Å². The van der Waals surface area contributed by atoms with E-state index in [1.807, 2.05) is 59.9 Å². The first kappa shape index (κ1) is 34.4. The van der Waals surface area contributed by atoms with Gasteiger partial charge < -0.3 is 15.5 Å². The van der Waals surface area contributed by atoms with Gasteiger partial charge >= 0.3 is 0 Å². The van der Waals surface area contributed by atoms with E-state index in [0.717, 1.165) is 35.1 Å². The first-order valence-electron chi connectivity index (χ1n) is 14.5. The van der Waals surface area contributed by atoms with E-state index in [-0.39, 0.29) is 0 Å². The minimum atomic E-state index is -3.19. The number of sulfonamides is 1. The Hall–Kier alpha value is -0.520. The van der Waals surface area contributed by atoms with Crippen molar-refractivity contribution in [3.63, 3.8) is 0 Å². The Morgan fingerprint density at radius 2 is 1.07 bits per heavy atom. The molecule has 234 valence electrons. The Morgan fingerprint density at radius 1 is 0.738 bits per heavy atom. The zero-order chi connectivity index (χ0) is 30.4. The van der Waals surface area contributed by atoms with Gasteiger partial charge in [0.15, 0.2) is 4.30 Å². The highest BCUT2D eigenvalue weighted by Gasteiger charge is 2.39. The van der Waals surface area contributed by atoms with E-state index >= 15 is 0 Å². The number of nitrogens with two attached hydrogens (primary N) is 1. The summed E-state index contributed by atoms with van der Waals surface area (Å²) in [4.78, 5) is 7.74. The predicted octanol–water partition coefficient (Wildman–Crippen LogP) is 7.75. The zero-order valence-corrected chi connectivity index (χ0v) is 29.2. The van der Waals surface area contributed by atoms with Crippen LogP contribution in [0.5, 0.6) is 0 Å².